The number of rotatable bonds is 5. The summed E-state index contributed by atoms with van der Waals surface area (Å²) in [6.07, 6.45) is 2.08. The average Bonchev–Trinajstić information content (AvgIpc) is 3.13. The fourth-order valence-electron chi connectivity index (χ4n) is 2.28. The zero-order valence-electron chi connectivity index (χ0n) is 10.0. The molecule has 1 aromatic carbocycles. The highest BCUT2D eigenvalue weighted by molar-refractivity contribution is 5.24. The van der Waals surface area contributed by atoms with Gasteiger partial charge in [-0.2, -0.15) is 0 Å². The van der Waals surface area contributed by atoms with Crippen molar-refractivity contribution >= 4 is 0 Å². The summed E-state index contributed by atoms with van der Waals surface area (Å²) < 4.78 is 32.3. The summed E-state index contributed by atoms with van der Waals surface area (Å²) in [5, 5.41) is 3.03. The summed E-state index contributed by atoms with van der Waals surface area (Å²) in [5.74, 6) is -0.374. The van der Waals surface area contributed by atoms with Crippen LogP contribution < -0.4 is 5.32 Å². The number of hydrogen-bond acceptors (Lipinski definition) is 2. The van der Waals surface area contributed by atoms with Crippen molar-refractivity contribution in [1.29, 1.82) is 0 Å². The number of methoxy groups -OCH3 is 1. The van der Waals surface area contributed by atoms with Crippen molar-refractivity contribution in [2.75, 3.05) is 14.2 Å². The maximum absolute atomic E-state index is 13.7. The Bertz CT molecular complexity index is 393. The summed E-state index contributed by atoms with van der Waals surface area (Å²) >= 11 is 0. The SMILES string of the molecule is CNC(c1cc(F)ccc1F)C(OC)C1CC1. The summed E-state index contributed by atoms with van der Waals surface area (Å²) in [4.78, 5) is 0. The van der Waals surface area contributed by atoms with Gasteiger partial charge in [0, 0.05) is 12.7 Å². The molecule has 1 saturated carbocycles. The first-order valence-corrected chi connectivity index (χ1v) is 5.82. The van der Waals surface area contributed by atoms with E-state index in [0.29, 0.717) is 11.5 Å². The van der Waals surface area contributed by atoms with Gasteiger partial charge in [-0.25, -0.2) is 8.78 Å². The molecule has 1 aliphatic rings. The van der Waals surface area contributed by atoms with E-state index in [9.17, 15) is 8.78 Å². The topological polar surface area (TPSA) is 21.3 Å². The van der Waals surface area contributed by atoms with Crippen LogP contribution in [0.4, 0.5) is 8.78 Å². The number of ether oxygens (including phenoxy) is 1. The van der Waals surface area contributed by atoms with Gasteiger partial charge in [-0.05, 0) is 44.0 Å². The Morgan fingerprint density at radius 2 is 2.06 bits per heavy atom. The minimum atomic E-state index is -0.424. The van der Waals surface area contributed by atoms with Crippen molar-refractivity contribution in [2.45, 2.75) is 25.0 Å². The van der Waals surface area contributed by atoms with Crippen molar-refractivity contribution in [2.24, 2.45) is 5.92 Å². The lowest BCUT2D eigenvalue weighted by molar-refractivity contribution is 0.0519. The fraction of sp³-hybridized carbons (Fsp3) is 0.538. The van der Waals surface area contributed by atoms with Crippen molar-refractivity contribution < 1.29 is 13.5 Å². The van der Waals surface area contributed by atoms with E-state index in [4.69, 9.17) is 4.74 Å². The molecule has 94 valence electrons. The van der Waals surface area contributed by atoms with Crippen LogP contribution in [0.5, 0.6) is 0 Å². The van der Waals surface area contributed by atoms with Gasteiger partial charge in [-0.15, -0.1) is 0 Å². The lowest BCUT2D eigenvalue weighted by atomic mass is 9.97. The maximum atomic E-state index is 13.7. The van der Waals surface area contributed by atoms with Gasteiger partial charge in [-0.1, -0.05) is 0 Å². The Morgan fingerprint density at radius 1 is 1.35 bits per heavy atom. The molecule has 17 heavy (non-hydrogen) atoms. The number of hydrogen-bond donors (Lipinski definition) is 1. The zero-order chi connectivity index (χ0) is 12.4. The second-order valence-corrected chi connectivity index (χ2v) is 4.47. The molecule has 1 fully saturated rings. The maximum Gasteiger partial charge on any atom is 0.128 e. The van der Waals surface area contributed by atoms with Gasteiger partial charge in [0.2, 0.25) is 0 Å². The van der Waals surface area contributed by atoms with E-state index >= 15 is 0 Å². The number of likely N-dealkylation sites (N-methyl/N-ethyl adjacent to an activating group) is 1. The van der Waals surface area contributed by atoms with Crippen LogP contribution in [0.15, 0.2) is 18.2 Å². The number of halogens is 2. The highest BCUT2D eigenvalue weighted by atomic mass is 19.1. The Labute approximate surface area is 100.0 Å². The Balaban J connectivity index is 2.29. The first-order valence-electron chi connectivity index (χ1n) is 5.82. The molecule has 1 N–H and O–H groups in total. The molecule has 0 spiro atoms. The molecule has 1 aliphatic carbocycles. The number of nitrogens with one attached hydrogen (secondary N) is 1. The van der Waals surface area contributed by atoms with Gasteiger partial charge in [0.15, 0.2) is 0 Å². The Hall–Kier alpha value is -1.00. The zero-order valence-corrected chi connectivity index (χ0v) is 10.0. The fourth-order valence-corrected chi connectivity index (χ4v) is 2.28. The molecule has 0 heterocycles. The quantitative estimate of drug-likeness (QED) is 0.855. The third kappa shape index (κ3) is 2.64. The van der Waals surface area contributed by atoms with Crippen LogP contribution in [0.3, 0.4) is 0 Å². The monoisotopic (exact) mass is 241 g/mol. The van der Waals surface area contributed by atoms with Crippen molar-refractivity contribution in [3.05, 3.63) is 35.4 Å². The van der Waals surface area contributed by atoms with E-state index in [1.807, 2.05) is 0 Å². The van der Waals surface area contributed by atoms with Gasteiger partial charge in [0.25, 0.3) is 0 Å². The molecule has 0 aromatic heterocycles. The minimum Gasteiger partial charge on any atom is -0.379 e. The van der Waals surface area contributed by atoms with E-state index in [0.717, 1.165) is 25.0 Å². The van der Waals surface area contributed by atoms with E-state index in [1.165, 1.54) is 6.07 Å². The molecule has 2 nitrogen and oxygen atoms in total. The second kappa shape index (κ2) is 5.10. The molecule has 0 saturated heterocycles. The summed E-state index contributed by atoms with van der Waals surface area (Å²) in [6.45, 7) is 0. The predicted molar refractivity (Wildman–Crippen MR) is 61.7 cm³/mol. The molecule has 2 rings (SSSR count). The largest absolute Gasteiger partial charge is 0.379 e. The van der Waals surface area contributed by atoms with Crippen LogP contribution >= 0.6 is 0 Å². The van der Waals surface area contributed by atoms with Gasteiger partial charge < -0.3 is 10.1 Å². The van der Waals surface area contributed by atoms with Crippen LogP contribution in [0.1, 0.15) is 24.4 Å². The van der Waals surface area contributed by atoms with E-state index in [-0.39, 0.29) is 12.1 Å². The van der Waals surface area contributed by atoms with Gasteiger partial charge >= 0.3 is 0 Å². The molecule has 4 heteroatoms. The van der Waals surface area contributed by atoms with Gasteiger partial charge in [0.1, 0.15) is 11.6 Å². The molecular weight excluding hydrogens is 224 g/mol. The molecule has 2 atom stereocenters. The molecular formula is C13H17F2NO. The van der Waals surface area contributed by atoms with Crippen LogP contribution in [0.25, 0.3) is 0 Å². The standard InChI is InChI=1S/C13H17F2NO/c1-16-12(13(17-2)8-3-4-8)10-7-9(14)5-6-11(10)15/h5-8,12-13,16H,3-4H2,1-2H3. The van der Waals surface area contributed by atoms with Crippen molar-refractivity contribution in [3.8, 4) is 0 Å². The highest BCUT2D eigenvalue weighted by Crippen LogP contribution is 2.40. The summed E-state index contributed by atoms with van der Waals surface area (Å²) in [7, 11) is 3.36. The highest BCUT2D eigenvalue weighted by Gasteiger charge is 2.37. The third-order valence-corrected chi connectivity index (χ3v) is 3.29. The van der Waals surface area contributed by atoms with Crippen LogP contribution in [-0.4, -0.2) is 20.3 Å². The minimum absolute atomic E-state index is 0.101. The first kappa shape index (κ1) is 12.5. The molecule has 0 amide bonds. The smallest absolute Gasteiger partial charge is 0.128 e. The van der Waals surface area contributed by atoms with E-state index < -0.39 is 11.6 Å². The Morgan fingerprint density at radius 3 is 2.59 bits per heavy atom. The molecule has 2 unspecified atom stereocenters. The van der Waals surface area contributed by atoms with E-state index in [2.05, 4.69) is 5.32 Å². The lowest BCUT2D eigenvalue weighted by Crippen LogP contribution is -2.33. The lowest BCUT2D eigenvalue weighted by Gasteiger charge is -2.26. The number of benzene rings is 1. The Kier molecular flexibility index (Phi) is 3.74. The van der Waals surface area contributed by atoms with Crippen molar-refractivity contribution in [1.82, 2.24) is 5.32 Å². The summed E-state index contributed by atoms with van der Waals surface area (Å²) in [6, 6.07) is 3.23. The second-order valence-electron chi connectivity index (χ2n) is 4.47. The molecule has 0 radical (unpaired) electrons. The van der Waals surface area contributed by atoms with Crippen molar-refractivity contribution in [3.63, 3.8) is 0 Å². The van der Waals surface area contributed by atoms with E-state index in [1.54, 1.807) is 14.2 Å². The first-order chi connectivity index (χ1) is 8.17. The normalized spacial score (nSPS) is 19.1. The summed E-state index contributed by atoms with van der Waals surface area (Å²) in [5.41, 5.74) is 0.339. The average molecular weight is 241 g/mol. The van der Waals surface area contributed by atoms with Gasteiger partial charge in [-0.3, -0.25) is 0 Å². The van der Waals surface area contributed by atoms with Crippen LogP contribution in [0.2, 0.25) is 0 Å². The molecule has 0 aliphatic heterocycles. The third-order valence-electron chi connectivity index (χ3n) is 3.29. The van der Waals surface area contributed by atoms with Gasteiger partial charge in [0.05, 0.1) is 12.1 Å². The predicted octanol–water partition coefficient (Wildman–Crippen LogP) is 2.65. The molecule has 0 bridgehead atoms. The molecule has 1 aromatic rings. The van der Waals surface area contributed by atoms with Crippen LogP contribution in [-0.2, 0) is 4.74 Å². The van der Waals surface area contributed by atoms with Crippen LogP contribution in [0, 0.1) is 17.6 Å².